The van der Waals surface area contributed by atoms with Crippen LogP contribution >= 0.6 is 0 Å². The highest BCUT2D eigenvalue weighted by Gasteiger charge is 2.44. The third-order valence-corrected chi connectivity index (χ3v) is 3.69. The quantitative estimate of drug-likeness (QED) is 0.779. The Labute approximate surface area is 96.1 Å². The van der Waals surface area contributed by atoms with Crippen LogP contribution in [0.1, 0.15) is 12.8 Å². The SMILES string of the molecule is CNc1ccc(N2CC3(CCCN3)C2)cn1. The molecule has 2 fully saturated rings. The fourth-order valence-corrected chi connectivity index (χ4v) is 2.73. The molecule has 2 saturated heterocycles. The van der Waals surface area contributed by atoms with Crippen LogP contribution in [-0.4, -0.2) is 37.2 Å². The lowest BCUT2D eigenvalue weighted by Crippen LogP contribution is -2.67. The summed E-state index contributed by atoms with van der Waals surface area (Å²) in [6.07, 6.45) is 4.60. The molecule has 3 heterocycles. The van der Waals surface area contributed by atoms with Gasteiger partial charge in [0, 0.05) is 20.1 Å². The van der Waals surface area contributed by atoms with Crippen molar-refractivity contribution in [3.05, 3.63) is 18.3 Å². The predicted molar refractivity (Wildman–Crippen MR) is 66.0 cm³/mol. The standard InChI is InChI=1S/C12H18N4/c1-13-11-4-3-10(7-14-11)16-8-12(9-16)5-2-6-15-12/h3-4,7,15H,2,5-6,8-9H2,1H3,(H,13,14). The molecular formula is C12H18N4. The maximum atomic E-state index is 4.34. The minimum atomic E-state index is 0.418. The number of anilines is 2. The molecule has 0 saturated carbocycles. The maximum Gasteiger partial charge on any atom is 0.125 e. The van der Waals surface area contributed by atoms with Gasteiger partial charge in [-0.15, -0.1) is 0 Å². The molecule has 1 spiro atoms. The highest BCUT2D eigenvalue weighted by atomic mass is 15.3. The van der Waals surface area contributed by atoms with Crippen molar-refractivity contribution in [2.45, 2.75) is 18.4 Å². The molecule has 0 unspecified atom stereocenters. The molecule has 0 aromatic carbocycles. The second-order valence-corrected chi connectivity index (χ2v) is 4.82. The molecule has 1 aromatic heterocycles. The van der Waals surface area contributed by atoms with Crippen LogP contribution in [0.25, 0.3) is 0 Å². The van der Waals surface area contributed by atoms with Gasteiger partial charge < -0.3 is 15.5 Å². The van der Waals surface area contributed by atoms with E-state index in [-0.39, 0.29) is 0 Å². The summed E-state index contributed by atoms with van der Waals surface area (Å²) in [6.45, 7) is 3.45. The Bertz CT molecular complexity index is 359. The number of hydrogen-bond acceptors (Lipinski definition) is 4. The number of hydrogen-bond donors (Lipinski definition) is 2. The third-order valence-electron chi connectivity index (χ3n) is 3.69. The predicted octanol–water partition coefficient (Wildman–Crippen LogP) is 1.07. The zero-order valence-electron chi connectivity index (χ0n) is 9.66. The van der Waals surface area contributed by atoms with Gasteiger partial charge >= 0.3 is 0 Å². The normalized spacial score (nSPS) is 22.2. The van der Waals surface area contributed by atoms with E-state index in [9.17, 15) is 0 Å². The van der Waals surface area contributed by atoms with E-state index in [0.29, 0.717) is 5.54 Å². The van der Waals surface area contributed by atoms with Crippen LogP contribution < -0.4 is 15.5 Å². The molecule has 2 aliphatic heterocycles. The van der Waals surface area contributed by atoms with Gasteiger partial charge in [0.05, 0.1) is 17.4 Å². The average Bonchev–Trinajstić information content (AvgIpc) is 2.76. The van der Waals surface area contributed by atoms with Gasteiger partial charge in [0.2, 0.25) is 0 Å². The zero-order chi connectivity index (χ0) is 11.0. The second kappa shape index (κ2) is 3.63. The van der Waals surface area contributed by atoms with Crippen LogP contribution in [0.3, 0.4) is 0 Å². The van der Waals surface area contributed by atoms with Crippen LogP contribution in [0.2, 0.25) is 0 Å². The number of aromatic nitrogens is 1. The van der Waals surface area contributed by atoms with E-state index in [1.54, 1.807) is 0 Å². The van der Waals surface area contributed by atoms with Crippen LogP contribution in [0.4, 0.5) is 11.5 Å². The highest BCUT2D eigenvalue weighted by Crippen LogP contribution is 2.33. The topological polar surface area (TPSA) is 40.2 Å². The lowest BCUT2D eigenvalue weighted by atomic mass is 9.88. The second-order valence-electron chi connectivity index (χ2n) is 4.82. The molecule has 0 radical (unpaired) electrons. The zero-order valence-corrected chi connectivity index (χ0v) is 9.66. The molecule has 2 N–H and O–H groups in total. The number of nitrogens with one attached hydrogen (secondary N) is 2. The van der Waals surface area contributed by atoms with Crippen molar-refractivity contribution in [3.8, 4) is 0 Å². The first-order valence-electron chi connectivity index (χ1n) is 5.95. The van der Waals surface area contributed by atoms with Crippen molar-refractivity contribution >= 4 is 11.5 Å². The fourth-order valence-electron chi connectivity index (χ4n) is 2.73. The van der Waals surface area contributed by atoms with Gasteiger partial charge in [-0.3, -0.25) is 0 Å². The molecule has 4 heteroatoms. The summed E-state index contributed by atoms with van der Waals surface area (Å²) in [7, 11) is 1.89. The Morgan fingerprint density at radius 1 is 1.44 bits per heavy atom. The first-order chi connectivity index (χ1) is 7.81. The van der Waals surface area contributed by atoms with Crippen molar-refractivity contribution in [2.75, 3.05) is 36.9 Å². The molecule has 2 aliphatic rings. The monoisotopic (exact) mass is 218 g/mol. The summed E-state index contributed by atoms with van der Waals surface area (Å²) in [4.78, 5) is 6.74. The van der Waals surface area contributed by atoms with Gasteiger partial charge in [-0.1, -0.05) is 0 Å². The molecule has 16 heavy (non-hydrogen) atoms. The molecule has 0 atom stereocenters. The van der Waals surface area contributed by atoms with Crippen molar-refractivity contribution in [1.29, 1.82) is 0 Å². The van der Waals surface area contributed by atoms with Gasteiger partial charge in [0.15, 0.2) is 0 Å². The molecule has 0 bridgehead atoms. The summed E-state index contributed by atoms with van der Waals surface area (Å²) in [5, 5.41) is 6.65. The van der Waals surface area contributed by atoms with Crippen molar-refractivity contribution in [2.24, 2.45) is 0 Å². The van der Waals surface area contributed by atoms with E-state index in [0.717, 1.165) is 18.9 Å². The van der Waals surface area contributed by atoms with E-state index in [1.807, 2.05) is 19.3 Å². The molecule has 0 aliphatic carbocycles. The van der Waals surface area contributed by atoms with E-state index < -0.39 is 0 Å². The smallest absolute Gasteiger partial charge is 0.125 e. The van der Waals surface area contributed by atoms with Gasteiger partial charge in [-0.05, 0) is 31.5 Å². The van der Waals surface area contributed by atoms with E-state index in [2.05, 4.69) is 26.6 Å². The van der Waals surface area contributed by atoms with Crippen LogP contribution in [0.15, 0.2) is 18.3 Å². The van der Waals surface area contributed by atoms with Gasteiger partial charge in [0.1, 0.15) is 5.82 Å². The van der Waals surface area contributed by atoms with Crippen molar-refractivity contribution in [3.63, 3.8) is 0 Å². The van der Waals surface area contributed by atoms with E-state index in [1.165, 1.54) is 25.1 Å². The average molecular weight is 218 g/mol. The Morgan fingerprint density at radius 2 is 2.31 bits per heavy atom. The van der Waals surface area contributed by atoms with Crippen molar-refractivity contribution in [1.82, 2.24) is 10.3 Å². The number of pyridine rings is 1. The Balaban J connectivity index is 1.66. The van der Waals surface area contributed by atoms with E-state index >= 15 is 0 Å². The van der Waals surface area contributed by atoms with Gasteiger partial charge in [-0.2, -0.15) is 0 Å². The lowest BCUT2D eigenvalue weighted by Gasteiger charge is -2.49. The minimum absolute atomic E-state index is 0.418. The molecular weight excluding hydrogens is 200 g/mol. The molecule has 86 valence electrons. The summed E-state index contributed by atoms with van der Waals surface area (Å²) in [5.41, 5.74) is 1.65. The first kappa shape index (κ1) is 9.90. The number of rotatable bonds is 2. The Hall–Kier alpha value is -1.29. The Kier molecular flexibility index (Phi) is 2.24. The summed E-state index contributed by atoms with van der Waals surface area (Å²) >= 11 is 0. The summed E-state index contributed by atoms with van der Waals surface area (Å²) in [6, 6.07) is 4.17. The Morgan fingerprint density at radius 3 is 2.88 bits per heavy atom. The molecule has 0 amide bonds. The third kappa shape index (κ3) is 1.53. The minimum Gasteiger partial charge on any atom is -0.373 e. The van der Waals surface area contributed by atoms with Crippen LogP contribution in [-0.2, 0) is 0 Å². The molecule has 1 aromatic rings. The molecule has 4 nitrogen and oxygen atoms in total. The van der Waals surface area contributed by atoms with E-state index in [4.69, 9.17) is 0 Å². The largest absolute Gasteiger partial charge is 0.373 e. The van der Waals surface area contributed by atoms with Gasteiger partial charge in [-0.25, -0.2) is 4.98 Å². The lowest BCUT2D eigenvalue weighted by molar-refractivity contribution is 0.294. The van der Waals surface area contributed by atoms with Crippen LogP contribution in [0, 0.1) is 0 Å². The van der Waals surface area contributed by atoms with Crippen molar-refractivity contribution < 1.29 is 0 Å². The maximum absolute atomic E-state index is 4.34. The fraction of sp³-hybridized carbons (Fsp3) is 0.583. The first-order valence-corrected chi connectivity index (χ1v) is 5.95. The molecule has 3 rings (SSSR count). The number of nitrogens with zero attached hydrogens (tertiary/aromatic N) is 2. The summed E-state index contributed by atoms with van der Waals surface area (Å²) < 4.78 is 0. The van der Waals surface area contributed by atoms with Gasteiger partial charge in [0.25, 0.3) is 0 Å². The van der Waals surface area contributed by atoms with Crippen LogP contribution in [0.5, 0.6) is 0 Å². The summed E-state index contributed by atoms with van der Waals surface area (Å²) in [5.74, 6) is 0.929. The highest BCUT2D eigenvalue weighted by molar-refractivity contribution is 5.53.